The molecule has 0 aromatic heterocycles. The largest absolute Gasteiger partial charge is 0.385 e. The van der Waals surface area contributed by atoms with Crippen molar-refractivity contribution < 1.29 is 0 Å². The van der Waals surface area contributed by atoms with E-state index in [0.717, 1.165) is 6.54 Å². The molecule has 0 spiro atoms. The molecule has 0 radical (unpaired) electrons. The highest BCUT2D eigenvalue weighted by molar-refractivity contribution is 5.55. The van der Waals surface area contributed by atoms with E-state index in [0.29, 0.717) is 0 Å². The summed E-state index contributed by atoms with van der Waals surface area (Å²) < 4.78 is 0. The molecule has 0 amide bonds. The summed E-state index contributed by atoms with van der Waals surface area (Å²) in [6, 6.07) is 8.80. The molecule has 2 rings (SSSR count). The standard InChI is InChI=1S/C13H20N2/c1-2-14-12-6-8-13(9-7-12)15-10-4-3-5-11-15/h6-9,14H,2-5,10-11H2,1H3. The molecular formula is C13H20N2. The van der Waals surface area contributed by atoms with Crippen LogP contribution in [-0.2, 0) is 0 Å². The summed E-state index contributed by atoms with van der Waals surface area (Å²) in [4.78, 5) is 2.49. The lowest BCUT2D eigenvalue weighted by molar-refractivity contribution is 0.578. The Hall–Kier alpha value is -1.18. The van der Waals surface area contributed by atoms with Crippen LogP contribution in [0.15, 0.2) is 24.3 Å². The van der Waals surface area contributed by atoms with Crippen molar-refractivity contribution in [3.63, 3.8) is 0 Å². The Labute approximate surface area is 92.3 Å². The Balaban J connectivity index is 2.02. The molecule has 2 nitrogen and oxygen atoms in total. The summed E-state index contributed by atoms with van der Waals surface area (Å²) in [7, 11) is 0. The van der Waals surface area contributed by atoms with Crippen molar-refractivity contribution in [2.45, 2.75) is 26.2 Å². The molecule has 1 heterocycles. The van der Waals surface area contributed by atoms with Crippen molar-refractivity contribution in [2.24, 2.45) is 0 Å². The van der Waals surface area contributed by atoms with Gasteiger partial charge in [0, 0.05) is 31.0 Å². The van der Waals surface area contributed by atoms with Crippen LogP contribution in [0.5, 0.6) is 0 Å². The van der Waals surface area contributed by atoms with Crippen LogP contribution in [0.25, 0.3) is 0 Å². The second-order valence-electron chi connectivity index (χ2n) is 4.12. The first-order valence-corrected chi connectivity index (χ1v) is 5.99. The van der Waals surface area contributed by atoms with Crippen molar-refractivity contribution in [3.8, 4) is 0 Å². The summed E-state index contributed by atoms with van der Waals surface area (Å²) in [6.07, 6.45) is 4.08. The molecule has 0 aliphatic carbocycles. The second-order valence-corrected chi connectivity index (χ2v) is 4.12. The van der Waals surface area contributed by atoms with Gasteiger partial charge >= 0.3 is 0 Å². The van der Waals surface area contributed by atoms with Gasteiger partial charge in [-0.15, -0.1) is 0 Å². The van der Waals surface area contributed by atoms with E-state index in [2.05, 4.69) is 41.4 Å². The van der Waals surface area contributed by atoms with Crippen LogP contribution in [0.2, 0.25) is 0 Å². The normalized spacial score (nSPS) is 16.5. The molecule has 82 valence electrons. The average molecular weight is 204 g/mol. The van der Waals surface area contributed by atoms with Crippen molar-refractivity contribution >= 4 is 11.4 Å². The minimum Gasteiger partial charge on any atom is -0.385 e. The van der Waals surface area contributed by atoms with E-state index in [9.17, 15) is 0 Å². The van der Waals surface area contributed by atoms with Gasteiger partial charge in [0.25, 0.3) is 0 Å². The SMILES string of the molecule is CCNc1ccc(N2CCCCC2)cc1. The number of rotatable bonds is 3. The zero-order valence-electron chi connectivity index (χ0n) is 9.50. The molecule has 1 N–H and O–H groups in total. The van der Waals surface area contributed by atoms with Gasteiger partial charge in [-0.05, 0) is 50.5 Å². The highest BCUT2D eigenvalue weighted by Crippen LogP contribution is 2.21. The monoisotopic (exact) mass is 204 g/mol. The highest BCUT2D eigenvalue weighted by Gasteiger charge is 2.09. The van der Waals surface area contributed by atoms with E-state index in [4.69, 9.17) is 0 Å². The molecule has 0 unspecified atom stereocenters. The summed E-state index contributed by atoms with van der Waals surface area (Å²) >= 11 is 0. The van der Waals surface area contributed by atoms with Gasteiger partial charge in [-0.2, -0.15) is 0 Å². The quantitative estimate of drug-likeness (QED) is 0.814. The number of anilines is 2. The van der Waals surface area contributed by atoms with Crippen LogP contribution in [0.1, 0.15) is 26.2 Å². The number of benzene rings is 1. The summed E-state index contributed by atoms with van der Waals surface area (Å²) in [5.41, 5.74) is 2.59. The third-order valence-electron chi connectivity index (χ3n) is 2.97. The fourth-order valence-electron chi connectivity index (χ4n) is 2.15. The molecule has 1 fully saturated rings. The van der Waals surface area contributed by atoms with Crippen LogP contribution in [0, 0.1) is 0 Å². The maximum atomic E-state index is 3.32. The van der Waals surface area contributed by atoms with E-state index in [1.165, 1.54) is 43.7 Å². The molecule has 1 aliphatic heterocycles. The Morgan fingerprint density at radius 3 is 2.33 bits per heavy atom. The molecule has 1 aromatic carbocycles. The van der Waals surface area contributed by atoms with Crippen LogP contribution in [-0.4, -0.2) is 19.6 Å². The molecule has 1 aliphatic rings. The lowest BCUT2D eigenvalue weighted by atomic mass is 10.1. The zero-order chi connectivity index (χ0) is 10.5. The number of hydrogen-bond donors (Lipinski definition) is 1. The molecule has 0 saturated carbocycles. The van der Waals surface area contributed by atoms with Crippen LogP contribution >= 0.6 is 0 Å². The number of hydrogen-bond acceptors (Lipinski definition) is 2. The van der Waals surface area contributed by atoms with E-state index in [-0.39, 0.29) is 0 Å². The lowest BCUT2D eigenvalue weighted by Crippen LogP contribution is -2.29. The van der Waals surface area contributed by atoms with Gasteiger partial charge in [-0.25, -0.2) is 0 Å². The molecule has 2 heteroatoms. The minimum absolute atomic E-state index is 0.989. The Kier molecular flexibility index (Phi) is 3.49. The van der Waals surface area contributed by atoms with Gasteiger partial charge < -0.3 is 10.2 Å². The van der Waals surface area contributed by atoms with E-state index in [1.807, 2.05) is 0 Å². The van der Waals surface area contributed by atoms with Crippen LogP contribution < -0.4 is 10.2 Å². The summed E-state index contributed by atoms with van der Waals surface area (Å²) in [5.74, 6) is 0. The maximum Gasteiger partial charge on any atom is 0.0367 e. The molecular weight excluding hydrogens is 184 g/mol. The predicted molar refractivity (Wildman–Crippen MR) is 66.7 cm³/mol. The third kappa shape index (κ3) is 2.65. The fourth-order valence-corrected chi connectivity index (χ4v) is 2.15. The third-order valence-corrected chi connectivity index (χ3v) is 2.97. The van der Waals surface area contributed by atoms with E-state index >= 15 is 0 Å². The first kappa shape index (κ1) is 10.3. The maximum absolute atomic E-state index is 3.32. The lowest BCUT2D eigenvalue weighted by Gasteiger charge is -2.28. The summed E-state index contributed by atoms with van der Waals surface area (Å²) in [5, 5.41) is 3.32. The first-order chi connectivity index (χ1) is 7.40. The Bertz CT molecular complexity index is 286. The van der Waals surface area contributed by atoms with Gasteiger partial charge in [0.1, 0.15) is 0 Å². The van der Waals surface area contributed by atoms with Gasteiger partial charge in [0.15, 0.2) is 0 Å². The second kappa shape index (κ2) is 5.06. The number of nitrogens with one attached hydrogen (secondary N) is 1. The van der Waals surface area contributed by atoms with Crippen molar-refractivity contribution in [2.75, 3.05) is 29.9 Å². The molecule has 1 aromatic rings. The molecule has 0 atom stereocenters. The van der Waals surface area contributed by atoms with Crippen molar-refractivity contribution in [1.82, 2.24) is 0 Å². The van der Waals surface area contributed by atoms with E-state index in [1.54, 1.807) is 0 Å². The first-order valence-electron chi connectivity index (χ1n) is 5.99. The van der Waals surface area contributed by atoms with Crippen molar-refractivity contribution in [1.29, 1.82) is 0 Å². The Morgan fingerprint density at radius 1 is 1.07 bits per heavy atom. The topological polar surface area (TPSA) is 15.3 Å². The summed E-state index contributed by atoms with van der Waals surface area (Å²) in [6.45, 7) is 5.56. The van der Waals surface area contributed by atoms with Crippen molar-refractivity contribution in [3.05, 3.63) is 24.3 Å². The average Bonchev–Trinajstić information content (AvgIpc) is 2.32. The van der Waals surface area contributed by atoms with Gasteiger partial charge in [-0.3, -0.25) is 0 Å². The van der Waals surface area contributed by atoms with Crippen LogP contribution in [0.4, 0.5) is 11.4 Å². The van der Waals surface area contributed by atoms with Crippen LogP contribution in [0.3, 0.4) is 0 Å². The minimum atomic E-state index is 0.989. The number of piperidine rings is 1. The fraction of sp³-hybridized carbons (Fsp3) is 0.538. The number of nitrogens with zero attached hydrogens (tertiary/aromatic N) is 1. The molecule has 0 bridgehead atoms. The van der Waals surface area contributed by atoms with Gasteiger partial charge in [0.2, 0.25) is 0 Å². The smallest absolute Gasteiger partial charge is 0.0367 e. The molecule has 1 saturated heterocycles. The van der Waals surface area contributed by atoms with E-state index < -0.39 is 0 Å². The predicted octanol–water partition coefficient (Wildman–Crippen LogP) is 3.11. The Morgan fingerprint density at radius 2 is 1.73 bits per heavy atom. The van der Waals surface area contributed by atoms with Gasteiger partial charge in [0.05, 0.1) is 0 Å². The van der Waals surface area contributed by atoms with Gasteiger partial charge in [-0.1, -0.05) is 0 Å². The molecule has 15 heavy (non-hydrogen) atoms. The highest BCUT2D eigenvalue weighted by atomic mass is 15.1. The zero-order valence-corrected chi connectivity index (χ0v) is 9.50.